The number of esters is 1. The van der Waals surface area contributed by atoms with Gasteiger partial charge in [-0.05, 0) is 56.7 Å². The average Bonchev–Trinajstić information content (AvgIpc) is 3.27. The van der Waals surface area contributed by atoms with Gasteiger partial charge in [0, 0.05) is 6.54 Å². The Bertz CT molecular complexity index is 482. The minimum absolute atomic E-state index is 0. The molecule has 3 rings (SSSR count). The molecule has 1 aromatic rings. The molecule has 1 aromatic carbocycles. The Morgan fingerprint density at radius 2 is 1.75 bits per heavy atom. The maximum atomic E-state index is 12.7. The van der Waals surface area contributed by atoms with Crippen LogP contribution in [0.2, 0.25) is 0 Å². The fourth-order valence-electron chi connectivity index (χ4n) is 4.11. The number of ether oxygens (including phenoxy) is 1. The van der Waals surface area contributed by atoms with Gasteiger partial charge in [-0.3, -0.25) is 4.79 Å². The molecule has 1 heterocycles. The van der Waals surface area contributed by atoms with E-state index in [0.717, 1.165) is 31.4 Å². The summed E-state index contributed by atoms with van der Waals surface area (Å²) in [7, 11) is 0. The van der Waals surface area contributed by atoms with E-state index >= 15 is 0 Å². The number of nitrogens with zero attached hydrogens (tertiary/aromatic N) is 1. The van der Waals surface area contributed by atoms with Gasteiger partial charge in [-0.1, -0.05) is 43.2 Å². The molecular weight excluding hydrogens is 322 g/mol. The first-order chi connectivity index (χ1) is 11.3. The molecule has 3 nitrogen and oxygen atoms in total. The lowest BCUT2D eigenvalue weighted by Gasteiger charge is -2.22. The maximum absolute atomic E-state index is 12.7. The van der Waals surface area contributed by atoms with Crippen molar-refractivity contribution in [3.8, 4) is 0 Å². The van der Waals surface area contributed by atoms with Crippen molar-refractivity contribution in [2.45, 2.75) is 50.9 Å². The van der Waals surface area contributed by atoms with Gasteiger partial charge in [0.2, 0.25) is 0 Å². The van der Waals surface area contributed by atoms with Gasteiger partial charge in [-0.25, -0.2) is 0 Å². The number of likely N-dealkylation sites (tertiary alicyclic amines) is 1. The Kier molecular flexibility index (Phi) is 8.07. The predicted molar refractivity (Wildman–Crippen MR) is 99.6 cm³/mol. The second kappa shape index (κ2) is 10.0. The standard InChI is InChI=1S/C20H29NO2.ClH/c22-20(23-16-8-15-21-13-6-7-14-21)19(18-11-4-5-12-18)17-9-2-1-3-10-17;/h1-3,9-10,18-19H,4-8,11-16H2;1H. The van der Waals surface area contributed by atoms with Crippen LogP contribution in [0, 0.1) is 5.92 Å². The summed E-state index contributed by atoms with van der Waals surface area (Å²) in [5.74, 6) is 0.387. The van der Waals surface area contributed by atoms with Gasteiger partial charge >= 0.3 is 5.97 Å². The van der Waals surface area contributed by atoms with Crippen LogP contribution in [0.4, 0.5) is 0 Å². The Labute approximate surface area is 152 Å². The molecule has 0 spiro atoms. The lowest BCUT2D eigenvalue weighted by Crippen LogP contribution is -2.25. The van der Waals surface area contributed by atoms with E-state index in [9.17, 15) is 4.79 Å². The number of carbonyl (C=O) groups is 1. The van der Waals surface area contributed by atoms with Crippen molar-refractivity contribution in [1.29, 1.82) is 0 Å². The molecule has 1 saturated heterocycles. The fourth-order valence-corrected chi connectivity index (χ4v) is 4.11. The molecule has 0 N–H and O–H groups in total. The van der Waals surface area contributed by atoms with Gasteiger partial charge in [0.25, 0.3) is 0 Å². The molecule has 0 radical (unpaired) electrons. The largest absolute Gasteiger partial charge is 0.465 e. The highest BCUT2D eigenvalue weighted by Crippen LogP contribution is 2.38. The van der Waals surface area contributed by atoms with Crippen molar-refractivity contribution in [3.05, 3.63) is 35.9 Å². The first kappa shape index (κ1) is 19.3. The number of hydrogen-bond acceptors (Lipinski definition) is 3. The Balaban J connectivity index is 0.00000208. The summed E-state index contributed by atoms with van der Waals surface area (Å²) >= 11 is 0. The molecule has 1 saturated carbocycles. The summed E-state index contributed by atoms with van der Waals surface area (Å²) in [5.41, 5.74) is 1.13. The van der Waals surface area contributed by atoms with Crippen LogP contribution < -0.4 is 0 Å². The van der Waals surface area contributed by atoms with E-state index in [1.54, 1.807) is 0 Å². The third-order valence-electron chi connectivity index (χ3n) is 5.35. The zero-order chi connectivity index (χ0) is 15.9. The molecule has 1 aliphatic heterocycles. The molecule has 0 aromatic heterocycles. The summed E-state index contributed by atoms with van der Waals surface area (Å²) in [6.07, 6.45) is 8.39. The normalized spacial score (nSPS) is 19.8. The van der Waals surface area contributed by atoms with Crippen LogP contribution >= 0.6 is 12.4 Å². The highest BCUT2D eigenvalue weighted by atomic mass is 35.5. The van der Waals surface area contributed by atoms with Crippen molar-refractivity contribution in [2.24, 2.45) is 5.92 Å². The molecule has 134 valence electrons. The summed E-state index contributed by atoms with van der Waals surface area (Å²) in [4.78, 5) is 15.2. The van der Waals surface area contributed by atoms with Gasteiger partial charge < -0.3 is 9.64 Å². The number of halogens is 1. The highest BCUT2D eigenvalue weighted by molar-refractivity contribution is 5.85. The Morgan fingerprint density at radius 1 is 1.08 bits per heavy atom. The van der Waals surface area contributed by atoms with Crippen LogP contribution in [0.1, 0.15) is 56.4 Å². The van der Waals surface area contributed by atoms with Crippen molar-refractivity contribution < 1.29 is 9.53 Å². The minimum Gasteiger partial charge on any atom is -0.465 e. The van der Waals surface area contributed by atoms with Gasteiger partial charge in [-0.2, -0.15) is 0 Å². The molecule has 2 aliphatic rings. The molecule has 2 fully saturated rings. The molecular formula is C20H30ClNO2. The van der Waals surface area contributed by atoms with Crippen LogP contribution in [0.15, 0.2) is 30.3 Å². The third-order valence-corrected chi connectivity index (χ3v) is 5.35. The average molecular weight is 352 g/mol. The molecule has 1 aliphatic carbocycles. The fraction of sp³-hybridized carbons (Fsp3) is 0.650. The zero-order valence-corrected chi connectivity index (χ0v) is 15.3. The van der Waals surface area contributed by atoms with Gasteiger partial charge in [0.05, 0.1) is 12.5 Å². The maximum Gasteiger partial charge on any atom is 0.313 e. The summed E-state index contributed by atoms with van der Waals surface area (Å²) < 4.78 is 5.67. The molecule has 0 bridgehead atoms. The summed E-state index contributed by atoms with van der Waals surface area (Å²) in [6.45, 7) is 4.05. The molecule has 1 atom stereocenters. The second-order valence-corrected chi connectivity index (χ2v) is 7.00. The van der Waals surface area contributed by atoms with E-state index in [0.29, 0.717) is 12.5 Å². The van der Waals surface area contributed by atoms with E-state index in [4.69, 9.17) is 4.74 Å². The van der Waals surface area contributed by atoms with Crippen LogP contribution in [-0.2, 0) is 9.53 Å². The number of rotatable bonds is 7. The summed E-state index contributed by atoms with van der Waals surface area (Å²) in [5, 5.41) is 0. The SMILES string of the molecule is Cl.O=C(OCCCN1CCCC1)C(c1ccccc1)C1CCCC1. The molecule has 1 unspecified atom stereocenters. The van der Waals surface area contributed by atoms with Gasteiger partial charge in [0.15, 0.2) is 0 Å². The minimum atomic E-state index is -0.0644. The van der Waals surface area contributed by atoms with Crippen molar-refractivity contribution in [3.63, 3.8) is 0 Å². The zero-order valence-electron chi connectivity index (χ0n) is 14.5. The Hall–Kier alpha value is -1.06. The lowest BCUT2D eigenvalue weighted by atomic mass is 9.85. The van der Waals surface area contributed by atoms with Gasteiger partial charge in [0.1, 0.15) is 0 Å². The van der Waals surface area contributed by atoms with Crippen molar-refractivity contribution in [1.82, 2.24) is 4.90 Å². The topological polar surface area (TPSA) is 29.5 Å². The second-order valence-electron chi connectivity index (χ2n) is 7.00. The van der Waals surface area contributed by atoms with Crippen LogP contribution in [0.3, 0.4) is 0 Å². The number of hydrogen-bond donors (Lipinski definition) is 0. The van der Waals surface area contributed by atoms with E-state index in [1.807, 2.05) is 18.2 Å². The quantitative estimate of drug-likeness (QED) is 0.538. The van der Waals surface area contributed by atoms with E-state index in [-0.39, 0.29) is 24.3 Å². The van der Waals surface area contributed by atoms with Gasteiger partial charge in [-0.15, -0.1) is 12.4 Å². The Morgan fingerprint density at radius 3 is 2.42 bits per heavy atom. The van der Waals surface area contributed by atoms with Crippen molar-refractivity contribution >= 4 is 18.4 Å². The smallest absolute Gasteiger partial charge is 0.313 e. The first-order valence-corrected chi connectivity index (χ1v) is 9.28. The van der Waals surface area contributed by atoms with Crippen molar-refractivity contribution in [2.75, 3.05) is 26.2 Å². The number of benzene rings is 1. The van der Waals surface area contributed by atoms with Crippen LogP contribution in [0.5, 0.6) is 0 Å². The highest BCUT2D eigenvalue weighted by Gasteiger charge is 2.33. The van der Waals surface area contributed by atoms with Crippen LogP contribution in [0.25, 0.3) is 0 Å². The van der Waals surface area contributed by atoms with E-state index in [2.05, 4.69) is 17.0 Å². The molecule has 24 heavy (non-hydrogen) atoms. The monoisotopic (exact) mass is 351 g/mol. The summed E-state index contributed by atoms with van der Waals surface area (Å²) in [6, 6.07) is 10.2. The van der Waals surface area contributed by atoms with E-state index < -0.39 is 0 Å². The number of carbonyl (C=O) groups excluding carboxylic acids is 1. The molecule has 4 heteroatoms. The first-order valence-electron chi connectivity index (χ1n) is 9.28. The molecule has 0 amide bonds. The predicted octanol–water partition coefficient (Wildman–Crippen LogP) is 4.41. The van der Waals surface area contributed by atoms with Crippen LogP contribution in [-0.4, -0.2) is 37.1 Å². The third kappa shape index (κ3) is 5.22. The van der Waals surface area contributed by atoms with E-state index in [1.165, 1.54) is 38.8 Å². The lowest BCUT2D eigenvalue weighted by molar-refractivity contribution is -0.147.